The first-order valence-corrected chi connectivity index (χ1v) is 6.48. The fourth-order valence-corrected chi connectivity index (χ4v) is 3.18. The summed E-state index contributed by atoms with van der Waals surface area (Å²) >= 11 is 0. The molecule has 0 aromatic rings. The van der Waals surface area contributed by atoms with E-state index < -0.39 is 0 Å². The second-order valence-electron chi connectivity index (χ2n) is 5.94. The van der Waals surface area contributed by atoms with Crippen molar-refractivity contribution in [3.8, 4) is 0 Å². The van der Waals surface area contributed by atoms with Gasteiger partial charge in [-0.2, -0.15) is 0 Å². The third-order valence-electron chi connectivity index (χ3n) is 4.36. The fraction of sp³-hybridized carbons (Fsp3) is 1.00. The summed E-state index contributed by atoms with van der Waals surface area (Å²) in [6.45, 7) is 7.85. The van der Waals surface area contributed by atoms with E-state index in [0.717, 1.165) is 13.0 Å². The topological polar surface area (TPSA) is 47.3 Å². The zero-order valence-electron chi connectivity index (χ0n) is 11.3. The van der Waals surface area contributed by atoms with Gasteiger partial charge in [-0.15, -0.1) is 0 Å². The molecule has 1 aliphatic rings. The summed E-state index contributed by atoms with van der Waals surface area (Å²) in [6, 6.07) is 0.424. The lowest BCUT2D eigenvalue weighted by atomic mass is 9.73. The largest absolute Gasteiger partial charge is 0.385 e. The first kappa shape index (κ1) is 13.9. The fourth-order valence-electron chi connectivity index (χ4n) is 3.18. The Balaban J connectivity index is 2.59. The van der Waals surface area contributed by atoms with Crippen LogP contribution in [0.4, 0.5) is 0 Å². The minimum atomic E-state index is 0.424. The van der Waals surface area contributed by atoms with Gasteiger partial charge in [0.1, 0.15) is 0 Å². The van der Waals surface area contributed by atoms with Crippen molar-refractivity contribution < 1.29 is 4.74 Å². The molecular weight excluding hydrogens is 200 g/mol. The van der Waals surface area contributed by atoms with Crippen molar-refractivity contribution in [2.24, 2.45) is 23.1 Å². The van der Waals surface area contributed by atoms with Gasteiger partial charge in [0.25, 0.3) is 0 Å². The van der Waals surface area contributed by atoms with Crippen LogP contribution in [0.25, 0.3) is 0 Å². The second-order valence-corrected chi connectivity index (χ2v) is 5.94. The third kappa shape index (κ3) is 3.19. The molecule has 3 N–H and O–H groups in total. The number of ether oxygens (including phenoxy) is 1. The van der Waals surface area contributed by atoms with Crippen molar-refractivity contribution in [1.82, 2.24) is 5.43 Å². The molecule has 0 aliphatic heterocycles. The molecule has 16 heavy (non-hydrogen) atoms. The number of methoxy groups -OCH3 is 1. The number of nitrogens with two attached hydrogens (primary N) is 1. The molecule has 1 rings (SSSR count). The van der Waals surface area contributed by atoms with E-state index in [2.05, 4.69) is 26.2 Å². The summed E-state index contributed by atoms with van der Waals surface area (Å²) in [4.78, 5) is 0. The van der Waals surface area contributed by atoms with E-state index in [1.165, 1.54) is 19.3 Å². The van der Waals surface area contributed by atoms with Gasteiger partial charge in [-0.3, -0.25) is 11.3 Å². The number of nitrogens with one attached hydrogen (secondary N) is 1. The smallest absolute Gasteiger partial charge is 0.0465 e. The molecule has 0 radical (unpaired) electrons. The van der Waals surface area contributed by atoms with Crippen LogP contribution in [0.15, 0.2) is 0 Å². The van der Waals surface area contributed by atoms with E-state index in [1.54, 1.807) is 7.11 Å². The molecule has 0 bridgehead atoms. The zero-order valence-corrected chi connectivity index (χ0v) is 11.3. The highest BCUT2D eigenvalue weighted by molar-refractivity contribution is 4.93. The van der Waals surface area contributed by atoms with Crippen LogP contribution in [0.5, 0.6) is 0 Å². The van der Waals surface area contributed by atoms with Gasteiger partial charge in [0.2, 0.25) is 0 Å². The molecule has 3 heteroatoms. The van der Waals surface area contributed by atoms with Gasteiger partial charge in [-0.25, -0.2) is 0 Å². The lowest BCUT2D eigenvalue weighted by Gasteiger charge is -2.37. The Morgan fingerprint density at radius 3 is 2.62 bits per heavy atom. The monoisotopic (exact) mass is 228 g/mol. The molecule has 3 unspecified atom stereocenters. The number of hydrogen-bond acceptors (Lipinski definition) is 3. The Morgan fingerprint density at radius 1 is 1.50 bits per heavy atom. The molecule has 0 spiro atoms. The van der Waals surface area contributed by atoms with Crippen LogP contribution >= 0.6 is 0 Å². The van der Waals surface area contributed by atoms with Gasteiger partial charge in [0.15, 0.2) is 0 Å². The van der Waals surface area contributed by atoms with Crippen LogP contribution in [0, 0.1) is 17.3 Å². The van der Waals surface area contributed by atoms with Gasteiger partial charge < -0.3 is 4.74 Å². The van der Waals surface area contributed by atoms with Crippen LogP contribution in [-0.2, 0) is 4.74 Å². The van der Waals surface area contributed by atoms with E-state index in [0.29, 0.717) is 23.3 Å². The molecule has 0 aromatic carbocycles. The molecule has 0 amide bonds. The van der Waals surface area contributed by atoms with Crippen LogP contribution in [-0.4, -0.2) is 19.8 Å². The Hall–Kier alpha value is -0.120. The zero-order chi connectivity index (χ0) is 12.2. The predicted molar refractivity (Wildman–Crippen MR) is 67.9 cm³/mol. The Labute approximate surface area is 100 Å². The normalized spacial score (nSPS) is 27.9. The van der Waals surface area contributed by atoms with E-state index in [4.69, 9.17) is 10.6 Å². The molecule has 96 valence electrons. The standard InChI is InChI=1S/C13H28N2O/c1-10(7-9-16-4)12(15-14)11-6-5-8-13(11,2)3/h10-12,15H,5-9,14H2,1-4H3. The van der Waals surface area contributed by atoms with Gasteiger partial charge in [-0.1, -0.05) is 27.2 Å². The number of rotatable bonds is 6. The van der Waals surface area contributed by atoms with Gasteiger partial charge in [-0.05, 0) is 36.5 Å². The van der Waals surface area contributed by atoms with E-state index in [1.807, 2.05) is 0 Å². The average molecular weight is 228 g/mol. The maximum absolute atomic E-state index is 5.76. The summed E-state index contributed by atoms with van der Waals surface area (Å²) in [5.74, 6) is 7.03. The van der Waals surface area contributed by atoms with Crippen LogP contribution in [0.1, 0.15) is 46.5 Å². The summed E-state index contributed by atoms with van der Waals surface area (Å²) < 4.78 is 5.15. The molecule has 0 aromatic heterocycles. The third-order valence-corrected chi connectivity index (χ3v) is 4.36. The highest BCUT2D eigenvalue weighted by Crippen LogP contribution is 2.45. The van der Waals surface area contributed by atoms with Crippen molar-refractivity contribution in [3.05, 3.63) is 0 Å². The highest BCUT2D eigenvalue weighted by Gasteiger charge is 2.40. The van der Waals surface area contributed by atoms with Crippen molar-refractivity contribution in [1.29, 1.82) is 0 Å². The predicted octanol–water partition coefficient (Wildman–Crippen LogP) is 2.32. The lowest BCUT2D eigenvalue weighted by molar-refractivity contribution is 0.125. The van der Waals surface area contributed by atoms with Crippen molar-refractivity contribution in [2.75, 3.05) is 13.7 Å². The summed E-state index contributed by atoms with van der Waals surface area (Å²) in [5, 5.41) is 0. The molecular formula is C13H28N2O. The Bertz CT molecular complexity index is 206. The van der Waals surface area contributed by atoms with Gasteiger partial charge >= 0.3 is 0 Å². The number of hydrazine groups is 1. The average Bonchev–Trinajstić information content (AvgIpc) is 2.57. The van der Waals surface area contributed by atoms with Crippen molar-refractivity contribution >= 4 is 0 Å². The quantitative estimate of drug-likeness (QED) is 0.542. The summed E-state index contributed by atoms with van der Waals surface area (Å²) in [5.41, 5.74) is 3.48. The summed E-state index contributed by atoms with van der Waals surface area (Å²) in [6.07, 6.45) is 5.05. The van der Waals surface area contributed by atoms with Gasteiger partial charge in [0, 0.05) is 19.8 Å². The van der Waals surface area contributed by atoms with Crippen molar-refractivity contribution in [2.45, 2.75) is 52.5 Å². The molecule has 1 aliphatic carbocycles. The molecule has 0 heterocycles. The van der Waals surface area contributed by atoms with Gasteiger partial charge in [0.05, 0.1) is 0 Å². The minimum Gasteiger partial charge on any atom is -0.385 e. The number of hydrogen-bond donors (Lipinski definition) is 2. The van der Waals surface area contributed by atoms with Crippen LogP contribution < -0.4 is 11.3 Å². The minimum absolute atomic E-state index is 0.424. The lowest BCUT2D eigenvalue weighted by Crippen LogP contribution is -2.48. The second kappa shape index (κ2) is 5.99. The summed E-state index contributed by atoms with van der Waals surface area (Å²) in [7, 11) is 1.76. The molecule has 3 atom stereocenters. The highest BCUT2D eigenvalue weighted by atomic mass is 16.5. The molecule has 1 fully saturated rings. The molecule has 1 saturated carbocycles. The first-order valence-electron chi connectivity index (χ1n) is 6.48. The SMILES string of the molecule is COCCC(C)C(NN)C1CCCC1(C)C. The first-order chi connectivity index (χ1) is 7.53. The maximum Gasteiger partial charge on any atom is 0.0465 e. The maximum atomic E-state index is 5.76. The van der Waals surface area contributed by atoms with E-state index >= 15 is 0 Å². The van der Waals surface area contributed by atoms with Crippen LogP contribution in [0.2, 0.25) is 0 Å². The molecule has 3 nitrogen and oxygen atoms in total. The van der Waals surface area contributed by atoms with Crippen LogP contribution in [0.3, 0.4) is 0 Å². The van der Waals surface area contributed by atoms with E-state index in [9.17, 15) is 0 Å². The van der Waals surface area contributed by atoms with Crippen molar-refractivity contribution in [3.63, 3.8) is 0 Å². The molecule has 0 saturated heterocycles. The van der Waals surface area contributed by atoms with E-state index in [-0.39, 0.29) is 0 Å². The Morgan fingerprint density at radius 2 is 2.19 bits per heavy atom. The Kier molecular flexibility index (Phi) is 5.22.